The lowest BCUT2D eigenvalue weighted by molar-refractivity contribution is 0.591. The number of fused-ring (bicyclic) bond motifs is 20. The number of thioether (sulfide) groups is 6. The Morgan fingerprint density at radius 2 is 0.407 bits per heavy atom. The van der Waals surface area contributed by atoms with Crippen molar-refractivity contribution in [2.75, 3.05) is 29.4 Å². The van der Waals surface area contributed by atoms with Crippen molar-refractivity contribution < 1.29 is 0 Å². The van der Waals surface area contributed by atoms with E-state index in [1.54, 1.807) is 0 Å². The fourth-order valence-electron chi connectivity index (χ4n) is 24.2. The summed E-state index contributed by atoms with van der Waals surface area (Å²) < 4.78 is 0. The summed E-state index contributed by atoms with van der Waals surface area (Å²) in [5, 5.41) is 27.8. The van der Waals surface area contributed by atoms with Gasteiger partial charge in [0.1, 0.15) is 30.2 Å². The van der Waals surface area contributed by atoms with Crippen molar-refractivity contribution in [2.45, 2.75) is 134 Å². The molecule has 22 aromatic carbocycles. The number of nitrogens with zero attached hydrogens (tertiary/aromatic N) is 6. The van der Waals surface area contributed by atoms with Gasteiger partial charge in [0.25, 0.3) is 0 Å². The molecule has 0 radical (unpaired) electrons. The Bertz CT molecular complexity index is 9010. The van der Waals surface area contributed by atoms with Gasteiger partial charge in [-0.15, -0.1) is 0 Å². The van der Waals surface area contributed by atoms with Gasteiger partial charge in [0.15, 0.2) is 0 Å². The number of anilines is 12. The number of aryl methyl sites for hydroxylation is 2. The van der Waals surface area contributed by atoms with Crippen LogP contribution in [0, 0.1) is 13.8 Å². The summed E-state index contributed by atoms with van der Waals surface area (Å²) in [7, 11) is 0. The van der Waals surface area contributed by atoms with Crippen molar-refractivity contribution in [3.63, 3.8) is 0 Å². The van der Waals surface area contributed by atoms with E-state index in [9.17, 15) is 0 Å². The van der Waals surface area contributed by atoms with Crippen LogP contribution in [0.15, 0.2) is 484 Å². The molecule has 0 amide bonds. The van der Waals surface area contributed by atoms with Gasteiger partial charge in [-0.1, -0.05) is 419 Å². The van der Waals surface area contributed by atoms with E-state index in [4.69, 9.17) is 0 Å². The molecule has 0 fully saturated rings. The van der Waals surface area contributed by atoms with Gasteiger partial charge >= 0.3 is 0 Å². The van der Waals surface area contributed by atoms with E-state index >= 15 is 0 Å². The molecule has 0 bridgehead atoms. The highest BCUT2D eigenvalue weighted by atomic mass is 32.2. The van der Waals surface area contributed by atoms with Crippen LogP contribution in [0.1, 0.15) is 114 Å². The maximum atomic E-state index is 2.56. The smallest absolute Gasteiger partial charge is 0.116 e. The molecule has 2 aliphatic carbocycles. The van der Waals surface area contributed by atoms with Gasteiger partial charge < -0.3 is 19.6 Å². The molecule has 6 heterocycles. The van der Waals surface area contributed by atoms with Crippen molar-refractivity contribution >= 4 is 225 Å². The molecule has 6 aliphatic heterocycles. The first-order chi connectivity index (χ1) is 73.0. The van der Waals surface area contributed by atoms with E-state index in [0.29, 0.717) is 0 Å². The molecule has 0 atom stereocenters. The van der Waals surface area contributed by atoms with E-state index in [-0.39, 0.29) is 21.7 Å². The van der Waals surface area contributed by atoms with Gasteiger partial charge in [-0.3, -0.25) is 9.80 Å². The summed E-state index contributed by atoms with van der Waals surface area (Å²) in [6.45, 7) is 27.7. The highest BCUT2D eigenvalue weighted by molar-refractivity contribution is 8.08. The summed E-state index contributed by atoms with van der Waals surface area (Å²) >= 11 is 11.3. The summed E-state index contributed by atoms with van der Waals surface area (Å²) in [4.78, 5) is 22.7. The molecule has 30 rings (SSSR count). The van der Waals surface area contributed by atoms with Crippen LogP contribution in [0.3, 0.4) is 0 Å². The minimum Gasteiger partial charge on any atom is -0.301 e. The van der Waals surface area contributed by atoms with Crippen LogP contribution in [0.25, 0.3) is 108 Å². The van der Waals surface area contributed by atoms with Crippen LogP contribution in [-0.4, -0.2) is 0 Å². The number of rotatable bonds is 6. The monoisotopic (exact) mass is 2040 g/mol. The zero-order valence-electron chi connectivity index (χ0n) is 85.5. The van der Waals surface area contributed by atoms with Crippen molar-refractivity contribution in [2.24, 2.45) is 0 Å². The first-order valence-electron chi connectivity index (χ1n) is 51.9. The van der Waals surface area contributed by atoms with Crippen LogP contribution >= 0.6 is 70.6 Å². The van der Waals surface area contributed by atoms with E-state index in [0.717, 1.165) is 0 Å². The zero-order chi connectivity index (χ0) is 101. The van der Waals surface area contributed by atoms with Crippen LogP contribution in [0.2, 0.25) is 0 Å². The molecule has 0 saturated heterocycles. The summed E-state index contributed by atoms with van der Waals surface area (Å²) in [6.07, 6.45) is 0. The summed E-state index contributed by atoms with van der Waals surface area (Å²) in [6, 6.07) is 158. The lowest BCUT2D eigenvalue weighted by atomic mass is 9.82. The SMILES string of the molecule is CC(C)(C)c1ccc2cc3ccc(N4/C(=C5\Sc6ccccc6N5c5ccc6cc7ccc(C(C)(C)C)cc7cc6c5)Sc5ccccc54)cc3cc2c1.CC1(C)c2ccccc2-c2cc(N3/C(=C4\Sc5ccccc5N4c4ccc5c(c4)-c4ccccc4C5(C)C)Sc4ccccc43)ccc21.Cc1c2ccccc2c(N2/C(=C3\Sc4ccccc4N3c3c4ccccc4c(C)c4ccccc34)Sc3ccccc32)c2ccccc12. The summed E-state index contributed by atoms with van der Waals surface area (Å²) in [5.74, 6) is 0. The Hall–Kier alpha value is -15.0. The molecule has 8 aliphatic rings. The van der Waals surface area contributed by atoms with Crippen LogP contribution in [0.5, 0.6) is 0 Å². The number of hydrogen-bond acceptors (Lipinski definition) is 12. The van der Waals surface area contributed by atoms with Crippen molar-refractivity contribution in [1.82, 2.24) is 0 Å². The molecule has 0 N–H and O–H groups in total. The van der Waals surface area contributed by atoms with E-state index in [2.05, 4.69) is 537 Å². The van der Waals surface area contributed by atoms with E-state index < -0.39 is 0 Å². The highest BCUT2D eigenvalue weighted by Crippen LogP contribution is 2.67. The predicted molar refractivity (Wildman–Crippen MR) is 648 cm³/mol. The molecule has 0 spiro atoms. The molecule has 0 aromatic heterocycles. The second-order valence-corrected chi connectivity index (χ2v) is 49.8. The lowest BCUT2D eigenvalue weighted by Crippen LogP contribution is -2.19. The molecule has 22 aromatic rings. The number of benzene rings is 22. The molecule has 12 heteroatoms. The molecule has 0 unspecified atom stereocenters. The zero-order valence-corrected chi connectivity index (χ0v) is 90.4. The van der Waals surface area contributed by atoms with Crippen molar-refractivity contribution in [3.8, 4) is 22.3 Å². The van der Waals surface area contributed by atoms with Crippen molar-refractivity contribution in [1.29, 1.82) is 0 Å². The Morgan fingerprint density at radius 1 is 0.187 bits per heavy atom. The van der Waals surface area contributed by atoms with Gasteiger partial charge in [-0.05, 0) is 302 Å². The molecular formula is C138H106N6S6. The largest absolute Gasteiger partial charge is 0.301 e. The fraction of sp³-hybridized carbons (Fsp3) is 0.116. The predicted octanol–water partition coefficient (Wildman–Crippen LogP) is 41.1. The molecular weight excluding hydrogens is 1930 g/mol. The first kappa shape index (κ1) is 92.4. The second kappa shape index (κ2) is 35.4. The number of para-hydroxylation sites is 6. The van der Waals surface area contributed by atoms with Gasteiger partial charge in [0.05, 0.1) is 45.5 Å². The topological polar surface area (TPSA) is 19.4 Å². The van der Waals surface area contributed by atoms with Gasteiger partial charge in [-0.25, -0.2) is 0 Å². The van der Waals surface area contributed by atoms with Crippen LogP contribution in [-0.2, 0) is 21.7 Å². The normalized spacial score (nSPS) is 16.7. The lowest BCUT2D eigenvalue weighted by Gasteiger charge is -2.30. The third-order valence-corrected chi connectivity index (χ3v) is 39.1. The second-order valence-electron chi connectivity index (χ2n) is 43.6. The molecule has 150 heavy (non-hydrogen) atoms. The molecule has 6 nitrogen and oxygen atoms in total. The van der Waals surface area contributed by atoms with Crippen LogP contribution < -0.4 is 29.4 Å². The third kappa shape index (κ3) is 14.9. The maximum Gasteiger partial charge on any atom is 0.116 e. The fourth-order valence-corrected chi connectivity index (χ4v) is 31.5. The minimum atomic E-state index is -0.0239. The highest BCUT2D eigenvalue weighted by Gasteiger charge is 2.45. The maximum absolute atomic E-state index is 2.56. The average molecular weight is 2040 g/mol. The minimum absolute atomic E-state index is 0.0239. The Labute approximate surface area is 902 Å². The first-order valence-corrected chi connectivity index (χ1v) is 56.8. The Balaban J connectivity index is 0.000000108. The van der Waals surface area contributed by atoms with E-state index in [1.165, 1.54) is 281 Å². The van der Waals surface area contributed by atoms with E-state index in [1.807, 2.05) is 70.6 Å². The summed E-state index contributed by atoms with van der Waals surface area (Å²) in [5.41, 5.74) is 31.0. The third-order valence-electron chi connectivity index (χ3n) is 31.9. The van der Waals surface area contributed by atoms with Gasteiger partial charge in [-0.2, -0.15) is 0 Å². The Kier molecular flexibility index (Phi) is 21.8. The quantitative estimate of drug-likeness (QED) is 0.148. The van der Waals surface area contributed by atoms with Crippen molar-refractivity contribution in [3.05, 3.63) is 499 Å². The standard InChI is InChI=1S/C50H42N2S2.C44H34N2S2.C44H30N2S2/c1-49(2,3)39-19-15-31-23-33-17-21-41(29-37(33)25-35(31)27-39)51-43-11-7-9-13-45(43)53-47(51)48-52(44-12-8-10-14-46(44)54-48)42-22-18-34-24-32-16-20-40(50(4,5)6)28-36(32)26-38(34)30-42;1-43(2)33-15-7-5-13-29(33)31-25-27(21-23-35(31)43)45-37-17-9-11-19-39(37)47-41(45)42-46(38-18-10-12-20-40(38)48-42)28-22-24-36-32(26-28)30-14-6-8-16-34(30)44(36,3)4;1-27-29-15-3-7-19-33(29)41(34-20-8-4-16-30(27)34)45-37-23-11-13-25-39(37)47-43(45)44-46(38-24-12-14-26-40(38)48-44)42-35-21-9-5-17-31(35)28(2)32-18-6-10-22-36(32)42/h7-30H,1-6H3;5-26H,1-4H3;3-26H,1-2H3/b48-47+;42-41+;44-43+. The van der Waals surface area contributed by atoms with Gasteiger partial charge in [0, 0.05) is 84.5 Å². The van der Waals surface area contributed by atoms with Gasteiger partial charge in [0.2, 0.25) is 0 Å². The van der Waals surface area contributed by atoms with Crippen LogP contribution in [0.4, 0.5) is 68.2 Å². The number of hydrogen-bond donors (Lipinski definition) is 0. The average Bonchev–Trinajstić information content (AvgIpc) is 1.51. The Morgan fingerprint density at radius 3 is 0.707 bits per heavy atom. The molecule has 0 saturated carbocycles. The molecule has 724 valence electrons.